The van der Waals surface area contributed by atoms with Crippen LogP contribution in [-0.4, -0.2) is 30.1 Å². The molecule has 2 amide bonds. The molecule has 0 aliphatic carbocycles. The van der Waals surface area contributed by atoms with Gasteiger partial charge in [0.1, 0.15) is 5.02 Å². The van der Waals surface area contributed by atoms with Gasteiger partial charge in [-0.25, -0.2) is 0 Å². The summed E-state index contributed by atoms with van der Waals surface area (Å²) in [4.78, 5) is 36.8. The Kier molecular flexibility index (Phi) is 4.52. The minimum absolute atomic E-state index is 0.0203. The molecule has 0 bridgehead atoms. The molecule has 1 saturated heterocycles. The van der Waals surface area contributed by atoms with Gasteiger partial charge in [-0.3, -0.25) is 19.7 Å². The van der Waals surface area contributed by atoms with Gasteiger partial charge in [0.25, 0.3) is 5.69 Å². The summed E-state index contributed by atoms with van der Waals surface area (Å²) in [6.45, 7) is 0.324. The number of hydrogen-bond acceptors (Lipinski definition) is 6. The van der Waals surface area contributed by atoms with Crippen molar-refractivity contribution in [3.63, 3.8) is 0 Å². The van der Waals surface area contributed by atoms with Gasteiger partial charge in [-0.1, -0.05) is 11.6 Å². The highest BCUT2D eigenvalue weighted by molar-refractivity contribution is 6.32. The average Bonchev–Trinajstić information content (AvgIpc) is 3.28. The summed E-state index contributed by atoms with van der Waals surface area (Å²) < 4.78 is 10.6. The van der Waals surface area contributed by atoms with E-state index in [0.717, 1.165) is 0 Å². The van der Waals surface area contributed by atoms with E-state index in [1.165, 1.54) is 23.1 Å². The van der Waals surface area contributed by atoms with E-state index in [0.29, 0.717) is 17.2 Å². The zero-order chi connectivity index (χ0) is 19.8. The molecule has 10 heteroatoms. The smallest absolute Gasteiger partial charge is 0.289 e. The van der Waals surface area contributed by atoms with Gasteiger partial charge >= 0.3 is 0 Å². The van der Waals surface area contributed by atoms with E-state index in [4.69, 9.17) is 21.1 Å². The molecule has 4 rings (SSSR count). The molecule has 0 spiro atoms. The lowest BCUT2D eigenvalue weighted by Gasteiger charge is -2.17. The fraction of sp³-hybridized carbons (Fsp3) is 0.222. The number of amides is 2. The number of nitrogens with zero attached hydrogens (tertiary/aromatic N) is 2. The first-order valence-electron chi connectivity index (χ1n) is 8.37. The number of anilines is 2. The summed E-state index contributed by atoms with van der Waals surface area (Å²) in [5, 5.41) is 13.6. The molecule has 1 atom stereocenters. The van der Waals surface area contributed by atoms with E-state index >= 15 is 0 Å². The number of rotatable bonds is 4. The molecule has 0 aromatic heterocycles. The molecule has 9 nitrogen and oxygen atoms in total. The Labute approximate surface area is 163 Å². The van der Waals surface area contributed by atoms with Gasteiger partial charge in [0.2, 0.25) is 18.6 Å². The van der Waals surface area contributed by atoms with Crippen molar-refractivity contribution < 1.29 is 24.0 Å². The van der Waals surface area contributed by atoms with Gasteiger partial charge in [-0.2, -0.15) is 0 Å². The molecule has 2 aliphatic rings. The fourth-order valence-corrected chi connectivity index (χ4v) is 3.35. The number of benzene rings is 2. The largest absolute Gasteiger partial charge is 0.454 e. The third-order valence-corrected chi connectivity index (χ3v) is 4.89. The summed E-state index contributed by atoms with van der Waals surface area (Å²) >= 11 is 5.78. The lowest BCUT2D eigenvalue weighted by atomic mass is 10.1. The van der Waals surface area contributed by atoms with Crippen molar-refractivity contribution in [2.45, 2.75) is 6.42 Å². The van der Waals surface area contributed by atoms with Crippen molar-refractivity contribution in [2.75, 3.05) is 23.6 Å². The summed E-state index contributed by atoms with van der Waals surface area (Å²) in [5.41, 5.74) is 0.561. The van der Waals surface area contributed by atoms with E-state index in [1.807, 2.05) is 0 Å². The lowest BCUT2D eigenvalue weighted by Crippen LogP contribution is -2.28. The highest BCUT2D eigenvalue weighted by Crippen LogP contribution is 2.37. The van der Waals surface area contributed by atoms with Crippen LogP contribution in [0.25, 0.3) is 0 Å². The predicted octanol–water partition coefficient (Wildman–Crippen LogP) is 2.97. The zero-order valence-corrected chi connectivity index (χ0v) is 15.1. The number of carbonyl (C=O) groups excluding carboxylic acids is 2. The van der Waals surface area contributed by atoms with Crippen LogP contribution in [-0.2, 0) is 9.59 Å². The summed E-state index contributed by atoms with van der Waals surface area (Å²) in [6, 6.07) is 9.14. The van der Waals surface area contributed by atoms with Crippen LogP contribution in [0.1, 0.15) is 6.42 Å². The molecule has 0 saturated carbocycles. The number of nitro groups is 1. The molecule has 2 aromatic rings. The first-order valence-corrected chi connectivity index (χ1v) is 8.75. The molecule has 1 fully saturated rings. The Balaban J connectivity index is 1.47. The molecule has 1 N–H and O–H groups in total. The van der Waals surface area contributed by atoms with Gasteiger partial charge in [0, 0.05) is 36.5 Å². The Morgan fingerprint density at radius 3 is 2.79 bits per heavy atom. The van der Waals surface area contributed by atoms with E-state index in [2.05, 4.69) is 5.32 Å². The number of nitrogens with one attached hydrogen (secondary N) is 1. The van der Waals surface area contributed by atoms with Gasteiger partial charge in [-0.15, -0.1) is 0 Å². The summed E-state index contributed by atoms with van der Waals surface area (Å²) in [7, 11) is 0. The Bertz CT molecular complexity index is 995. The highest BCUT2D eigenvalue weighted by Gasteiger charge is 2.36. The molecule has 28 heavy (non-hydrogen) atoms. The van der Waals surface area contributed by atoms with Crippen molar-refractivity contribution in [1.29, 1.82) is 0 Å². The highest BCUT2D eigenvalue weighted by atomic mass is 35.5. The normalized spacial score (nSPS) is 17.7. The van der Waals surface area contributed by atoms with Gasteiger partial charge in [-0.05, 0) is 24.3 Å². The first-order chi connectivity index (χ1) is 13.4. The molecular weight excluding hydrogens is 390 g/mol. The van der Waals surface area contributed by atoms with Crippen molar-refractivity contribution in [1.82, 2.24) is 0 Å². The summed E-state index contributed by atoms with van der Waals surface area (Å²) in [5.74, 6) is -0.0253. The minimum atomic E-state index is -0.627. The van der Waals surface area contributed by atoms with Crippen molar-refractivity contribution in [3.8, 4) is 11.5 Å². The second-order valence-corrected chi connectivity index (χ2v) is 6.76. The maximum atomic E-state index is 12.6. The van der Waals surface area contributed by atoms with Crippen molar-refractivity contribution in [2.24, 2.45) is 5.92 Å². The van der Waals surface area contributed by atoms with Crippen LogP contribution in [0.5, 0.6) is 11.5 Å². The fourth-order valence-electron chi connectivity index (χ4n) is 3.16. The number of nitro benzene ring substituents is 1. The molecule has 144 valence electrons. The zero-order valence-electron chi connectivity index (χ0n) is 14.4. The molecule has 0 radical (unpaired) electrons. The van der Waals surface area contributed by atoms with Gasteiger partial charge < -0.3 is 19.7 Å². The lowest BCUT2D eigenvalue weighted by molar-refractivity contribution is -0.384. The van der Waals surface area contributed by atoms with E-state index in [-0.39, 0.29) is 42.1 Å². The second kappa shape index (κ2) is 7.01. The molecule has 2 aliphatic heterocycles. The third kappa shape index (κ3) is 3.31. The van der Waals surface area contributed by atoms with E-state index in [1.54, 1.807) is 18.2 Å². The quantitative estimate of drug-likeness (QED) is 0.620. The van der Waals surface area contributed by atoms with Crippen LogP contribution >= 0.6 is 11.6 Å². The Morgan fingerprint density at radius 2 is 2.00 bits per heavy atom. The van der Waals surface area contributed by atoms with Crippen LogP contribution in [0, 0.1) is 16.0 Å². The average molecular weight is 404 g/mol. The Morgan fingerprint density at radius 1 is 1.21 bits per heavy atom. The summed E-state index contributed by atoms with van der Waals surface area (Å²) in [6.07, 6.45) is 0.0377. The number of halogens is 1. The Hall–Kier alpha value is -3.33. The van der Waals surface area contributed by atoms with Crippen LogP contribution < -0.4 is 19.7 Å². The topological polar surface area (TPSA) is 111 Å². The van der Waals surface area contributed by atoms with E-state index in [9.17, 15) is 19.7 Å². The molecule has 0 unspecified atom stereocenters. The number of hydrogen-bond donors (Lipinski definition) is 1. The van der Waals surface area contributed by atoms with Crippen molar-refractivity contribution >= 4 is 40.5 Å². The minimum Gasteiger partial charge on any atom is -0.454 e. The molecular formula is C18H14ClN3O6. The van der Waals surface area contributed by atoms with Gasteiger partial charge in [0.05, 0.1) is 10.8 Å². The first kappa shape index (κ1) is 18.1. The molecule has 2 heterocycles. The predicted molar refractivity (Wildman–Crippen MR) is 99.8 cm³/mol. The third-order valence-electron chi connectivity index (χ3n) is 4.57. The standard InChI is InChI=1S/C18H14ClN3O6/c19-13-3-1-11(6-14(13)22(25)26)20-18(24)10-5-17(23)21(8-10)12-2-4-15-16(7-12)28-9-27-15/h1-4,6-7,10H,5,8-9H2,(H,20,24)/t10-/m0/s1. The number of ether oxygens (including phenoxy) is 2. The maximum Gasteiger partial charge on any atom is 0.289 e. The van der Waals surface area contributed by atoms with Crippen LogP contribution in [0.15, 0.2) is 36.4 Å². The van der Waals surface area contributed by atoms with Crippen LogP contribution in [0.3, 0.4) is 0 Å². The van der Waals surface area contributed by atoms with Gasteiger partial charge in [0.15, 0.2) is 11.5 Å². The molecule has 2 aromatic carbocycles. The second-order valence-electron chi connectivity index (χ2n) is 6.36. The van der Waals surface area contributed by atoms with Crippen LogP contribution in [0.2, 0.25) is 5.02 Å². The SMILES string of the molecule is O=C(Nc1ccc(Cl)c([N+](=O)[O-])c1)[C@H]1CC(=O)N(c2ccc3c(c2)OCO3)C1. The van der Waals surface area contributed by atoms with E-state index < -0.39 is 16.7 Å². The van der Waals surface area contributed by atoms with Crippen LogP contribution in [0.4, 0.5) is 17.1 Å². The monoisotopic (exact) mass is 403 g/mol. The number of carbonyl (C=O) groups is 2. The maximum absolute atomic E-state index is 12.6. The number of fused-ring (bicyclic) bond motifs is 1. The van der Waals surface area contributed by atoms with Crippen molar-refractivity contribution in [3.05, 3.63) is 51.5 Å².